The molecule has 1 unspecified atom stereocenters. The van der Waals surface area contributed by atoms with E-state index in [0.717, 1.165) is 11.5 Å². The van der Waals surface area contributed by atoms with E-state index in [2.05, 4.69) is 46.0 Å². The van der Waals surface area contributed by atoms with E-state index in [9.17, 15) is 0 Å². The highest BCUT2D eigenvalue weighted by Crippen LogP contribution is 2.63. The van der Waals surface area contributed by atoms with Crippen LogP contribution in [0, 0.1) is 17.8 Å². The van der Waals surface area contributed by atoms with Crippen LogP contribution in [-0.4, -0.2) is 6.04 Å². The van der Waals surface area contributed by atoms with Crippen molar-refractivity contribution < 1.29 is 4.42 Å². The van der Waals surface area contributed by atoms with Gasteiger partial charge in [-0.2, -0.15) is 0 Å². The fourth-order valence-electron chi connectivity index (χ4n) is 2.63. The van der Waals surface area contributed by atoms with Gasteiger partial charge in [0.05, 0.1) is 6.04 Å². The van der Waals surface area contributed by atoms with Crippen LogP contribution in [0.1, 0.15) is 52.2 Å². The maximum absolute atomic E-state index is 5.65. The van der Waals surface area contributed by atoms with Crippen molar-refractivity contribution in [2.45, 2.75) is 53.6 Å². The van der Waals surface area contributed by atoms with Gasteiger partial charge in [0.25, 0.3) is 0 Å². The third kappa shape index (κ3) is 1.60. The maximum Gasteiger partial charge on any atom is 0.120 e. The minimum atomic E-state index is 0.291. The van der Waals surface area contributed by atoms with Gasteiger partial charge >= 0.3 is 0 Å². The zero-order chi connectivity index (χ0) is 12.1. The maximum atomic E-state index is 5.65. The molecule has 1 saturated carbocycles. The number of rotatable bonds is 3. The molecule has 2 heteroatoms. The lowest BCUT2D eigenvalue weighted by molar-refractivity contribution is 0.396. The lowest BCUT2D eigenvalue weighted by Gasteiger charge is -2.13. The Labute approximate surface area is 98.4 Å². The molecule has 16 heavy (non-hydrogen) atoms. The molecule has 1 heterocycles. The Morgan fingerprint density at radius 1 is 1.19 bits per heavy atom. The van der Waals surface area contributed by atoms with Gasteiger partial charge in [0, 0.05) is 6.04 Å². The lowest BCUT2D eigenvalue weighted by Crippen LogP contribution is -2.25. The molecule has 0 aliphatic heterocycles. The second-order valence-electron chi connectivity index (χ2n) is 6.21. The van der Waals surface area contributed by atoms with Crippen LogP contribution in [0.4, 0.5) is 0 Å². The molecule has 2 rings (SSSR count). The average molecular weight is 221 g/mol. The molecule has 0 aromatic carbocycles. The molecular formula is C14H23NO. The van der Waals surface area contributed by atoms with Gasteiger partial charge in [-0.15, -0.1) is 0 Å². The van der Waals surface area contributed by atoms with Gasteiger partial charge in [-0.25, -0.2) is 0 Å². The summed E-state index contributed by atoms with van der Waals surface area (Å²) in [5.74, 6) is 2.02. The second-order valence-corrected chi connectivity index (χ2v) is 6.21. The van der Waals surface area contributed by atoms with E-state index in [4.69, 9.17) is 4.42 Å². The van der Waals surface area contributed by atoms with Crippen LogP contribution < -0.4 is 5.32 Å². The number of furan rings is 1. The standard InChI is InChI=1S/C14H23NO/c1-9-7-8-11(16-9)10(2)15-12-13(3,4)14(12,5)6/h7-8,10,12,15H,1-6H3. The molecule has 0 bridgehead atoms. The fourth-order valence-corrected chi connectivity index (χ4v) is 2.63. The summed E-state index contributed by atoms with van der Waals surface area (Å²) >= 11 is 0. The first kappa shape index (κ1) is 11.7. The molecule has 90 valence electrons. The number of hydrogen-bond acceptors (Lipinski definition) is 2. The summed E-state index contributed by atoms with van der Waals surface area (Å²) in [6.45, 7) is 13.5. The lowest BCUT2D eigenvalue weighted by atomic mass is 10.0. The van der Waals surface area contributed by atoms with Crippen LogP contribution in [0.3, 0.4) is 0 Å². The summed E-state index contributed by atoms with van der Waals surface area (Å²) in [4.78, 5) is 0. The van der Waals surface area contributed by atoms with E-state index >= 15 is 0 Å². The van der Waals surface area contributed by atoms with Crippen LogP contribution >= 0.6 is 0 Å². The highest BCUT2D eigenvalue weighted by atomic mass is 16.3. The largest absolute Gasteiger partial charge is 0.465 e. The molecule has 2 nitrogen and oxygen atoms in total. The Kier molecular flexibility index (Phi) is 2.46. The smallest absolute Gasteiger partial charge is 0.120 e. The minimum Gasteiger partial charge on any atom is -0.465 e. The highest BCUT2D eigenvalue weighted by Gasteiger charge is 2.64. The van der Waals surface area contributed by atoms with E-state index in [1.807, 2.05) is 13.0 Å². The van der Waals surface area contributed by atoms with E-state index < -0.39 is 0 Å². The van der Waals surface area contributed by atoms with E-state index in [1.54, 1.807) is 0 Å². The summed E-state index contributed by atoms with van der Waals surface area (Å²) in [5.41, 5.74) is 0.756. The van der Waals surface area contributed by atoms with Crippen LogP contribution in [-0.2, 0) is 0 Å². The second kappa shape index (κ2) is 3.36. The van der Waals surface area contributed by atoms with Gasteiger partial charge in [0.2, 0.25) is 0 Å². The topological polar surface area (TPSA) is 25.2 Å². The Bertz CT molecular complexity index is 375. The van der Waals surface area contributed by atoms with Crippen molar-refractivity contribution in [2.24, 2.45) is 10.8 Å². The molecule has 1 fully saturated rings. The first-order valence-electron chi connectivity index (χ1n) is 6.09. The third-order valence-corrected chi connectivity index (χ3v) is 4.63. The average Bonchev–Trinajstić information content (AvgIpc) is 2.58. The molecule has 1 aliphatic rings. The molecule has 1 N–H and O–H groups in total. The first-order valence-corrected chi connectivity index (χ1v) is 6.09. The Hall–Kier alpha value is -0.760. The fraction of sp³-hybridized carbons (Fsp3) is 0.714. The SMILES string of the molecule is Cc1ccc(C(C)NC2C(C)(C)C2(C)C)o1. The van der Waals surface area contributed by atoms with Crippen molar-refractivity contribution in [3.05, 3.63) is 23.7 Å². The van der Waals surface area contributed by atoms with E-state index in [1.165, 1.54) is 0 Å². The summed E-state index contributed by atoms with van der Waals surface area (Å²) in [6.07, 6.45) is 0. The zero-order valence-corrected chi connectivity index (χ0v) is 11.2. The van der Waals surface area contributed by atoms with Crippen LogP contribution in [0.5, 0.6) is 0 Å². The van der Waals surface area contributed by atoms with Crippen LogP contribution in [0.15, 0.2) is 16.5 Å². The van der Waals surface area contributed by atoms with Gasteiger partial charge < -0.3 is 9.73 Å². The van der Waals surface area contributed by atoms with Gasteiger partial charge in [-0.05, 0) is 36.8 Å². The Morgan fingerprint density at radius 2 is 1.75 bits per heavy atom. The van der Waals surface area contributed by atoms with Gasteiger partial charge in [0.1, 0.15) is 11.5 Å². The van der Waals surface area contributed by atoms with Crippen LogP contribution in [0.25, 0.3) is 0 Å². The zero-order valence-electron chi connectivity index (χ0n) is 11.2. The van der Waals surface area contributed by atoms with E-state index in [0.29, 0.717) is 22.9 Å². The van der Waals surface area contributed by atoms with Crippen molar-refractivity contribution in [3.8, 4) is 0 Å². The Morgan fingerprint density at radius 3 is 2.12 bits per heavy atom. The molecule has 0 amide bonds. The van der Waals surface area contributed by atoms with Gasteiger partial charge in [0.15, 0.2) is 0 Å². The van der Waals surface area contributed by atoms with Crippen molar-refractivity contribution in [1.29, 1.82) is 0 Å². The predicted molar refractivity (Wildman–Crippen MR) is 66.3 cm³/mol. The molecule has 1 aromatic rings. The normalized spacial score (nSPS) is 24.4. The number of aryl methyl sites for hydroxylation is 1. The highest BCUT2D eigenvalue weighted by molar-refractivity contribution is 5.20. The third-order valence-electron chi connectivity index (χ3n) is 4.63. The summed E-state index contributed by atoms with van der Waals surface area (Å²) in [7, 11) is 0. The van der Waals surface area contributed by atoms with E-state index in [-0.39, 0.29) is 0 Å². The number of nitrogens with one attached hydrogen (secondary N) is 1. The summed E-state index contributed by atoms with van der Waals surface area (Å²) in [5, 5.41) is 3.67. The van der Waals surface area contributed by atoms with Crippen LogP contribution in [0.2, 0.25) is 0 Å². The molecule has 0 radical (unpaired) electrons. The van der Waals surface area contributed by atoms with Gasteiger partial charge in [-0.3, -0.25) is 0 Å². The van der Waals surface area contributed by atoms with Crippen molar-refractivity contribution in [1.82, 2.24) is 5.32 Å². The number of hydrogen-bond donors (Lipinski definition) is 1. The molecular weight excluding hydrogens is 198 g/mol. The molecule has 1 aliphatic carbocycles. The summed E-state index contributed by atoms with van der Waals surface area (Å²) < 4.78 is 5.65. The monoisotopic (exact) mass is 221 g/mol. The minimum absolute atomic E-state index is 0.291. The van der Waals surface area contributed by atoms with Crippen molar-refractivity contribution >= 4 is 0 Å². The molecule has 1 atom stereocenters. The van der Waals surface area contributed by atoms with Gasteiger partial charge in [-0.1, -0.05) is 27.7 Å². The van der Waals surface area contributed by atoms with Crippen molar-refractivity contribution in [3.63, 3.8) is 0 Å². The molecule has 1 aromatic heterocycles. The molecule has 0 saturated heterocycles. The quantitative estimate of drug-likeness (QED) is 0.842. The van der Waals surface area contributed by atoms with Crippen molar-refractivity contribution in [2.75, 3.05) is 0 Å². The molecule has 0 spiro atoms. The summed E-state index contributed by atoms with van der Waals surface area (Å²) in [6, 6.07) is 4.95. The Balaban J connectivity index is 2.03. The first-order chi connectivity index (χ1) is 7.26. The predicted octanol–water partition coefficient (Wildman–Crippen LogP) is 3.67.